The van der Waals surface area contributed by atoms with Crippen LogP contribution >= 0.6 is 0 Å². The van der Waals surface area contributed by atoms with Crippen molar-refractivity contribution in [1.82, 2.24) is 25.4 Å². The molecule has 0 radical (unpaired) electrons. The number of phenols is 1. The third kappa shape index (κ3) is 4.70. The molecule has 8 nitrogen and oxygen atoms in total. The van der Waals surface area contributed by atoms with Crippen molar-refractivity contribution >= 4 is 5.82 Å². The van der Waals surface area contributed by atoms with E-state index in [2.05, 4.69) is 44.1 Å². The van der Waals surface area contributed by atoms with Gasteiger partial charge in [-0.2, -0.15) is 5.10 Å². The summed E-state index contributed by atoms with van der Waals surface area (Å²) in [6.07, 6.45) is 9.07. The Morgan fingerprint density at radius 1 is 1.11 bits per heavy atom. The summed E-state index contributed by atoms with van der Waals surface area (Å²) in [5.74, 6) is 1.35. The molecule has 0 amide bonds. The van der Waals surface area contributed by atoms with Crippen LogP contribution in [0.4, 0.5) is 10.2 Å². The van der Waals surface area contributed by atoms with Crippen molar-refractivity contribution in [3.8, 4) is 34.1 Å². The van der Waals surface area contributed by atoms with Crippen LogP contribution in [-0.4, -0.2) is 55.9 Å². The first-order valence-electron chi connectivity index (χ1n) is 12.8. The molecule has 2 saturated carbocycles. The van der Waals surface area contributed by atoms with Crippen molar-refractivity contribution in [2.75, 3.05) is 12.0 Å². The fourth-order valence-corrected chi connectivity index (χ4v) is 5.57. The Labute approximate surface area is 211 Å². The normalized spacial score (nSPS) is 23.9. The lowest BCUT2D eigenvalue weighted by Gasteiger charge is -2.46. The largest absolute Gasteiger partial charge is 0.507 e. The first-order chi connectivity index (χ1) is 17.4. The summed E-state index contributed by atoms with van der Waals surface area (Å²) in [5, 5.41) is 27.3. The Hall–Kier alpha value is -3.36. The summed E-state index contributed by atoms with van der Waals surface area (Å²) in [7, 11) is 1.53. The van der Waals surface area contributed by atoms with E-state index < -0.39 is 6.17 Å². The second-order valence-electron chi connectivity index (χ2n) is 10.3. The fourth-order valence-electron chi connectivity index (χ4n) is 5.57. The van der Waals surface area contributed by atoms with Gasteiger partial charge in [-0.1, -0.05) is 32.8 Å². The number of rotatable bonds is 8. The summed E-state index contributed by atoms with van der Waals surface area (Å²) in [5.41, 5.74) is 1.70. The van der Waals surface area contributed by atoms with Gasteiger partial charge in [0.2, 0.25) is 5.88 Å². The van der Waals surface area contributed by atoms with E-state index in [9.17, 15) is 5.11 Å². The highest BCUT2D eigenvalue weighted by molar-refractivity contribution is 5.72. The van der Waals surface area contributed by atoms with E-state index in [-0.39, 0.29) is 23.2 Å². The van der Waals surface area contributed by atoms with Gasteiger partial charge in [-0.25, -0.2) is 9.37 Å². The number of aromatic hydroxyl groups is 1. The lowest BCUT2D eigenvalue weighted by molar-refractivity contribution is 0.0423. The SMILES string of the molecule is CCC[C@]1(C)CCC[C@H](N(c2cnc(-c3ccc(-c4cnnc(OC)c4)cc3O)nn2)C2CC2)[C@@H]1F. The molecule has 2 aliphatic rings. The monoisotopic (exact) mass is 492 g/mol. The minimum atomic E-state index is -0.911. The molecule has 0 unspecified atom stereocenters. The Bertz CT molecular complexity index is 1200. The van der Waals surface area contributed by atoms with Crippen molar-refractivity contribution in [2.45, 2.75) is 77.0 Å². The highest BCUT2D eigenvalue weighted by atomic mass is 19.1. The number of halogens is 1. The maximum absolute atomic E-state index is 15.9. The first-order valence-corrected chi connectivity index (χ1v) is 12.8. The molecular weight excluding hydrogens is 459 g/mol. The lowest BCUT2D eigenvalue weighted by atomic mass is 9.69. The Morgan fingerprint density at radius 2 is 1.94 bits per heavy atom. The third-order valence-electron chi connectivity index (χ3n) is 7.60. The van der Waals surface area contributed by atoms with Crippen LogP contribution in [0, 0.1) is 5.41 Å². The highest BCUT2D eigenvalue weighted by Crippen LogP contribution is 2.46. The van der Waals surface area contributed by atoms with E-state index in [0.717, 1.165) is 56.1 Å². The molecule has 0 spiro atoms. The average Bonchev–Trinajstić information content (AvgIpc) is 3.73. The maximum atomic E-state index is 15.9. The topological polar surface area (TPSA) is 97.2 Å². The lowest BCUT2D eigenvalue weighted by Crippen LogP contribution is -2.52. The predicted octanol–water partition coefficient (Wildman–Crippen LogP) is 5.38. The van der Waals surface area contributed by atoms with Crippen LogP contribution < -0.4 is 9.64 Å². The van der Waals surface area contributed by atoms with E-state index in [0.29, 0.717) is 23.1 Å². The van der Waals surface area contributed by atoms with Crippen molar-refractivity contribution in [3.63, 3.8) is 0 Å². The number of hydrogen-bond donors (Lipinski definition) is 1. The molecular formula is C27H33FN6O2. The van der Waals surface area contributed by atoms with Crippen LogP contribution in [0.1, 0.15) is 58.8 Å². The number of phenolic OH excluding ortho intramolecular Hbond substituents is 1. The van der Waals surface area contributed by atoms with Gasteiger partial charge in [-0.15, -0.1) is 15.3 Å². The number of alkyl halides is 1. The van der Waals surface area contributed by atoms with Gasteiger partial charge in [0.1, 0.15) is 11.9 Å². The van der Waals surface area contributed by atoms with E-state index >= 15 is 4.39 Å². The van der Waals surface area contributed by atoms with Gasteiger partial charge in [0, 0.05) is 23.1 Å². The Kier molecular flexibility index (Phi) is 6.73. The smallest absolute Gasteiger partial charge is 0.233 e. The van der Waals surface area contributed by atoms with Crippen LogP contribution in [0.2, 0.25) is 0 Å². The van der Waals surface area contributed by atoms with Gasteiger partial charge in [-0.3, -0.25) is 0 Å². The van der Waals surface area contributed by atoms with Crippen LogP contribution in [0.3, 0.4) is 0 Å². The predicted molar refractivity (Wildman–Crippen MR) is 136 cm³/mol. The zero-order chi connectivity index (χ0) is 25.3. The molecule has 0 bridgehead atoms. The number of hydrogen-bond acceptors (Lipinski definition) is 8. The standard InChI is InChI=1S/C27H33FN6O2/c1-4-11-27(2)12-5-6-21(25(27)28)34(19-8-9-19)23-16-29-26(33-31-23)20-10-7-17(13-22(20)35)18-14-24(36-3)32-30-15-18/h7,10,13-16,19,21,25,35H,4-6,8-9,11-12H2,1-3H3/t21-,25-,27+/m0/s1. The van der Waals surface area contributed by atoms with E-state index in [1.54, 1.807) is 30.6 Å². The quantitative estimate of drug-likeness (QED) is 0.448. The van der Waals surface area contributed by atoms with E-state index in [4.69, 9.17) is 4.74 Å². The van der Waals surface area contributed by atoms with Crippen LogP contribution in [0.5, 0.6) is 11.6 Å². The third-order valence-corrected chi connectivity index (χ3v) is 7.60. The molecule has 9 heteroatoms. The summed E-state index contributed by atoms with van der Waals surface area (Å²) >= 11 is 0. The van der Waals surface area contributed by atoms with Crippen LogP contribution in [0.15, 0.2) is 36.7 Å². The number of anilines is 1. The second-order valence-corrected chi connectivity index (χ2v) is 10.3. The molecule has 2 aromatic heterocycles. The van der Waals surface area contributed by atoms with Crippen LogP contribution in [0.25, 0.3) is 22.5 Å². The molecule has 36 heavy (non-hydrogen) atoms. The van der Waals surface area contributed by atoms with Crippen molar-refractivity contribution in [2.24, 2.45) is 5.41 Å². The summed E-state index contributed by atoms with van der Waals surface area (Å²) in [6, 6.07) is 7.06. The van der Waals surface area contributed by atoms with Gasteiger partial charge in [0.25, 0.3) is 0 Å². The van der Waals surface area contributed by atoms with Crippen LogP contribution in [-0.2, 0) is 0 Å². The zero-order valence-electron chi connectivity index (χ0n) is 21.1. The number of methoxy groups -OCH3 is 1. The van der Waals surface area contributed by atoms with E-state index in [1.807, 2.05) is 6.07 Å². The molecule has 5 rings (SSSR count). The Morgan fingerprint density at radius 3 is 2.61 bits per heavy atom. The van der Waals surface area contributed by atoms with Gasteiger partial charge in [-0.05, 0) is 49.8 Å². The van der Waals surface area contributed by atoms with Crippen molar-refractivity contribution in [3.05, 3.63) is 36.7 Å². The summed E-state index contributed by atoms with van der Waals surface area (Å²) in [6.45, 7) is 4.22. The maximum Gasteiger partial charge on any atom is 0.233 e. The number of benzene rings is 1. The van der Waals surface area contributed by atoms with Crippen molar-refractivity contribution in [1.29, 1.82) is 0 Å². The fraction of sp³-hybridized carbons (Fsp3) is 0.519. The summed E-state index contributed by atoms with van der Waals surface area (Å²) in [4.78, 5) is 6.66. The molecule has 3 aromatic rings. The zero-order valence-corrected chi connectivity index (χ0v) is 21.1. The molecule has 2 heterocycles. The Balaban J connectivity index is 1.39. The first kappa shape index (κ1) is 24.3. The molecule has 1 aromatic carbocycles. The number of aromatic nitrogens is 5. The van der Waals surface area contributed by atoms with Gasteiger partial charge in [0.15, 0.2) is 11.6 Å². The average molecular weight is 493 g/mol. The van der Waals surface area contributed by atoms with Gasteiger partial charge < -0.3 is 14.7 Å². The summed E-state index contributed by atoms with van der Waals surface area (Å²) < 4.78 is 21.0. The molecule has 3 atom stereocenters. The second kappa shape index (κ2) is 9.95. The number of nitrogens with zero attached hydrogens (tertiary/aromatic N) is 6. The minimum Gasteiger partial charge on any atom is -0.507 e. The minimum absolute atomic E-state index is 0.0308. The highest BCUT2D eigenvalue weighted by Gasteiger charge is 2.48. The van der Waals surface area contributed by atoms with E-state index in [1.165, 1.54) is 7.11 Å². The molecule has 0 saturated heterocycles. The molecule has 0 aliphatic heterocycles. The van der Waals surface area contributed by atoms with Crippen molar-refractivity contribution < 1.29 is 14.2 Å². The molecule has 1 N–H and O–H groups in total. The number of ether oxygens (including phenoxy) is 1. The van der Waals surface area contributed by atoms with Gasteiger partial charge >= 0.3 is 0 Å². The molecule has 190 valence electrons. The molecule has 2 fully saturated rings. The van der Waals surface area contributed by atoms with Gasteiger partial charge in [0.05, 0.1) is 31.1 Å². The molecule has 2 aliphatic carbocycles.